The second kappa shape index (κ2) is 4.60. The first-order valence-electron chi connectivity index (χ1n) is 5.73. The molecule has 1 aromatic heterocycles. The highest BCUT2D eigenvalue weighted by atomic mass is 32.2. The molecule has 1 aromatic rings. The maximum atomic E-state index is 11.2. The van der Waals surface area contributed by atoms with Crippen LogP contribution in [0.1, 0.15) is 24.6 Å². The van der Waals surface area contributed by atoms with Crippen LogP contribution in [0.2, 0.25) is 0 Å². The van der Waals surface area contributed by atoms with E-state index in [2.05, 4.69) is 15.3 Å². The van der Waals surface area contributed by atoms with Gasteiger partial charge in [0.1, 0.15) is 22.0 Å². The highest BCUT2D eigenvalue weighted by Gasteiger charge is 2.19. The number of sulfone groups is 1. The number of fused-ring (bicyclic) bond motifs is 1. The monoisotopic (exact) mass is 255 g/mol. The van der Waals surface area contributed by atoms with Crippen LogP contribution in [0.25, 0.3) is 0 Å². The second-order valence-electron chi connectivity index (χ2n) is 4.64. The lowest BCUT2D eigenvalue weighted by molar-refractivity contribution is 0.598. The highest BCUT2D eigenvalue weighted by molar-refractivity contribution is 7.90. The Bertz CT molecular complexity index is 513. The summed E-state index contributed by atoms with van der Waals surface area (Å²) in [7, 11) is -2.96. The molecule has 0 fully saturated rings. The molecule has 0 bridgehead atoms. The van der Waals surface area contributed by atoms with E-state index in [1.54, 1.807) is 6.33 Å². The van der Waals surface area contributed by atoms with Crippen LogP contribution in [0.5, 0.6) is 0 Å². The van der Waals surface area contributed by atoms with Crippen LogP contribution in [0.4, 0.5) is 5.82 Å². The van der Waals surface area contributed by atoms with Gasteiger partial charge in [0, 0.05) is 23.6 Å². The summed E-state index contributed by atoms with van der Waals surface area (Å²) in [6, 6.07) is -0.135. The first-order chi connectivity index (χ1) is 7.96. The molecule has 1 N–H and O–H groups in total. The normalized spacial score (nSPS) is 16.6. The van der Waals surface area contributed by atoms with Crippen LogP contribution in [0.3, 0.4) is 0 Å². The van der Waals surface area contributed by atoms with Crippen molar-refractivity contribution in [2.75, 3.05) is 17.3 Å². The fraction of sp³-hybridized carbons (Fsp3) is 0.636. The molecule has 1 unspecified atom stereocenters. The molecule has 1 atom stereocenters. The number of nitrogens with one attached hydrogen (secondary N) is 1. The lowest BCUT2D eigenvalue weighted by Crippen LogP contribution is -2.26. The van der Waals surface area contributed by atoms with E-state index in [0.717, 1.165) is 36.3 Å². The van der Waals surface area contributed by atoms with Crippen LogP contribution in [0, 0.1) is 0 Å². The zero-order valence-electron chi connectivity index (χ0n) is 10.1. The third-order valence-corrected chi connectivity index (χ3v) is 3.92. The average molecular weight is 255 g/mol. The fourth-order valence-electron chi connectivity index (χ4n) is 2.21. The third-order valence-electron chi connectivity index (χ3n) is 2.81. The molecule has 6 heteroatoms. The van der Waals surface area contributed by atoms with E-state index in [-0.39, 0.29) is 11.8 Å². The molecule has 2 rings (SSSR count). The van der Waals surface area contributed by atoms with Crippen LogP contribution in [-0.4, -0.2) is 36.4 Å². The van der Waals surface area contributed by atoms with Gasteiger partial charge in [-0.3, -0.25) is 0 Å². The van der Waals surface area contributed by atoms with E-state index < -0.39 is 9.84 Å². The number of aryl methyl sites for hydroxylation is 1. The number of rotatable bonds is 4. The molecule has 0 aliphatic heterocycles. The van der Waals surface area contributed by atoms with E-state index in [4.69, 9.17) is 0 Å². The minimum atomic E-state index is -2.96. The topological polar surface area (TPSA) is 72.0 Å². The van der Waals surface area contributed by atoms with Crippen molar-refractivity contribution < 1.29 is 8.42 Å². The van der Waals surface area contributed by atoms with E-state index in [1.165, 1.54) is 6.26 Å². The Morgan fingerprint density at radius 1 is 1.41 bits per heavy atom. The number of nitrogens with zero attached hydrogens (tertiary/aromatic N) is 2. The maximum absolute atomic E-state index is 11.2. The number of hydrogen-bond acceptors (Lipinski definition) is 5. The Balaban J connectivity index is 2.12. The van der Waals surface area contributed by atoms with Gasteiger partial charge in [0.25, 0.3) is 0 Å². The zero-order valence-corrected chi connectivity index (χ0v) is 10.9. The lowest BCUT2D eigenvalue weighted by atomic mass is 10.2. The van der Waals surface area contributed by atoms with Crippen molar-refractivity contribution in [2.24, 2.45) is 0 Å². The summed E-state index contributed by atoms with van der Waals surface area (Å²) >= 11 is 0. The van der Waals surface area contributed by atoms with Crippen molar-refractivity contribution in [1.29, 1.82) is 0 Å². The van der Waals surface area contributed by atoms with Crippen LogP contribution in [0.15, 0.2) is 6.33 Å². The van der Waals surface area contributed by atoms with E-state index in [0.29, 0.717) is 0 Å². The van der Waals surface area contributed by atoms with Gasteiger partial charge < -0.3 is 5.32 Å². The second-order valence-corrected chi connectivity index (χ2v) is 6.82. The first kappa shape index (κ1) is 12.3. The highest BCUT2D eigenvalue weighted by Crippen LogP contribution is 2.25. The van der Waals surface area contributed by atoms with Crippen molar-refractivity contribution in [3.8, 4) is 0 Å². The Kier molecular flexibility index (Phi) is 3.33. The molecule has 5 nitrogen and oxygen atoms in total. The average Bonchev–Trinajstić information content (AvgIpc) is 2.63. The summed E-state index contributed by atoms with van der Waals surface area (Å²) in [4.78, 5) is 8.44. The third kappa shape index (κ3) is 3.15. The van der Waals surface area contributed by atoms with E-state index >= 15 is 0 Å². The largest absolute Gasteiger partial charge is 0.366 e. The van der Waals surface area contributed by atoms with Crippen molar-refractivity contribution in [3.63, 3.8) is 0 Å². The molecule has 0 saturated heterocycles. The van der Waals surface area contributed by atoms with Crippen molar-refractivity contribution in [3.05, 3.63) is 17.6 Å². The minimum absolute atomic E-state index is 0.117. The lowest BCUT2D eigenvalue weighted by Gasteiger charge is -2.15. The summed E-state index contributed by atoms with van der Waals surface area (Å²) in [5, 5.41) is 3.17. The Hall–Kier alpha value is -1.17. The number of aromatic nitrogens is 2. The molecule has 0 radical (unpaired) electrons. The number of hydrogen-bond donors (Lipinski definition) is 1. The minimum Gasteiger partial charge on any atom is -0.366 e. The zero-order chi connectivity index (χ0) is 12.5. The van der Waals surface area contributed by atoms with Crippen molar-refractivity contribution in [1.82, 2.24) is 9.97 Å². The van der Waals surface area contributed by atoms with Crippen molar-refractivity contribution in [2.45, 2.75) is 32.2 Å². The summed E-state index contributed by atoms with van der Waals surface area (Å²) < 4.78 is 22.4. The molecule has 1 aliphatic carbocycles. The van der Waals surface area contributed by atoms with E-state index in [1.807, 2.05) is 6.92 Å². The molecular weight excluding hydrogens is 238 g/mol. The molecule has 1 aliphatic rings. The standard InChI is InChI=1S/C11H17N3O2S/c1-8(6-17(2,15)16)14-11-9-4-3-5-10(9)12-7-13-11/h7-8H,3-6H2,1-2H3,(H,12,13,14). The SMILES string of the molecule is CC(CS(C)(=O)=O)Nc1ncnc2c1CCC2. The Morgan fingerprint density at radius 2 is 2.18 bits per heavy atom. The number of anilines is 1. The van der Waals surface area contributed by atoms with Gasteiger partial charge in [-0.1, -0.05) is 0 Å². The predicted molar refractivity (Wildman–Crippen MR) is 66.9 cm³/mol. The fourth-order valence-corrected chi connectivity index (χ4v) is 3.20. The molecule has 17 heavy (non-hydrogen) atoms. The van der Waals surface area contributed by atoms with Gasteiger partial charge in [-0.15, -0.1) is 0 Å². The molecular formula is C11H17N3O2S. The summed E-state index contributed by atoms with van der Waals surface area (Å²) in [6.07, 6.45) is 5.86. The van der Waals surface area contributed by atoms with Gasteiger partial charge in [-0.05, 0) is 26.2 Å². The molecule has 0 aromatic carbocycles. The molecule has 0 saturated carbocycles. The summed E-state index contributed by atoms with van der Waals surface area (Å²) in [5.74, 6) is 0.912. The van der Waals surface area contributed by atoms with Gasteiger partial charge in [0.05, 0.1) is 5.75 Å². The van der Waals surface area contributed by atoms with Gasteiger partial charge >= 0.3 is 0 Å². The smallest absolute Gasteiger partial charge is 0.149 e. The van der Waals surface area contributed by atoms with Crippen LogP contribution in [-0.2, 0) is 22.7 Å². The Morgan fingerprint density at radius 3 is 2.88 bits per heavy atom. The van der Waals surface area contributed by atoms with Gasteiger partial charge in [0.2, 0.25) is 0 Å². The quantitative estimate of drug-likeness (QED) is 0.862. The predicted octanol–water partition coefficient (Wildman–Crippen LogP) is 0.810. The first-order valence-corrected chi connectivity index (χ1v) is 7.79. The summed E-state index contributed by atoms with van der Waals surface area (Å²) in [6.45, 7) is 1.85. The molecule has 94 valence electrons. The van der Waals surface area contributed by atoms with E-state index in [9.17, 15) is 8.42 Å². The van der Waals surface area contributed by atoms with Gasteiger partial charge in [0.15, 0.2) is 0 Å². The van der Waals surface area contributed by atoms with Crippen LogP contribution >= 0.6 is 0 Å². The van der Waals surface area contributed by atoms with Gasteiger partial charge in [-0.2, -0.15) is 0 Å². The Labute approximate surface area is 102 Å². The summed E-state index contributed by atoms with van der Waals surface area (Å²) in [5.41, 5.74) is 2.24. The molecule has 0 spiro atoms. The van der Waals surface area contributed by atoms with Gasteiger partial charge in [-0.25, -0.2) is 18.4 Å². The van der Waals surface area contributed by atoms with Crippen LogP contribution < -0.4 is 5.32 Å². The maximum Gasteiger partial charge on any atom is 0.149 e. The van der Waals surface area contributed by atoms with Crippen molar-refractivity contribution >= 4 is 15.7 Å². The molecule has 1 heterocycles. The molecule has 0 amide bonds.